The standard InChI is InChI=1S/C11H23N3O2/c1-5-7(4)8(12)11(16)14-9(6(2)3)10(13)15/h6-9H,5,12H2,1-4H3,(H2,13,15)(H,14,16)/t7-,8-,9?/m0/s1. The second kappa shape index (κ2) is 6.48. The maximum absolute atomic E-state index is 11.7. The number of primary amides is 1. The third-order valence-electron chi connectivity index (χ3n) is 2.83. The molecule has 0 rings (SSSR count). The molecule has 0 saturated heterocycles. The van der Waals surface area contributed by atoms with E-state index in [1.807, 2.05) is 27.7 Å². The first-order valence-electron chi connectivity index (χ1n) is 5.66. The average molecular weight is 229 g/mol. The van der Waals surface area contributed by atoms with E-state index in [1.165, 1.54) is 0 Å². The minimum atomic E-state index is -0.650. The summed E-state index contributed by atoms with van der Waals surface area (Å²) in [7, 11) is 0. The molecule has 94 valence electrons. The minimum Gasteiger partial charge on any atom is -0.368 e. The third-order valence-corrected chi connectivity index (χ3v) is 2.83. The van der Waals surface area contributed by atoms with Crippen LogP contribution in [0.3, 0.4) is 0 Å². The predicted octanol–water partition coefficient (Wildman–Crippen LogP) is -0.0141. The fourth-order valence-electron chi connectivity index (χ4n) is 1.33. The molecule has 1 unspecified atom stereocenters. The summed E-state index contributed by atoms with van der Waals surface area (Å²) in [5.41, 5.74) is 11.0. The SMILES string of the molecule is CC[C@H](C)[C@H](N)C(=O)NC(C(N)=O)C(C)C. The molecule has 5 heteroatoms. The van der Waals surface area contributed by atoms with Gasteiger partial charge in [-0.1, -0.05) is 34.1 Å². The Labute approximate surface area is 96.9 Å². The first kappa shape index (κ1) is 14.9. The number of hydrogen-bond acceptors (Lipinski definition) is 3. The third kappa shape index (κ3) is 4.18. The van der Waals surface area contributed by atoms with Crippen LogP contribution in [0.5, 0.6) is 0 Å². The molecule has 0 spiro atoms. The molecule has 0 aromatic carbocycles. The van der Waals surface area contributed by atoms with Crippen molar-refractivity contribution in [1.82, 2.24) is 5.32 Å². The fourth-order valence-corrected chi connectivity index (χ4v) is 1.33. The molecule has 0 radical (unpaired) electrons. The van der Waals surface area contributed by atoms with Crippen LogP contribution in [-0.2, 0) is 9.59 Å². The molecule has 5 nitrogen and oxygen atoms in total. The Kier molecular flexibility index (Phi) is 6.03. The highest BCUT2D eigenvalue weighted by atomic mass is 16.2. The first-order valence-corrected chi connectivity index (χ1v) is 5.66. The average Bonchev–Trinajstić information content (AvgIpc) is 2.22. The van der Waals surface area contributed by atoms with Gasteiger partial charge >= 0.3 is 0 Å². The lowest BCUT2D eigenvalue weighted by Crippen LogP contribution is -2.54. The highest BCUT2D eigenvalue weighted by Gasteiger charge is 2.26. The van der Waals surface area contributed by atoms with Crippen LogP contribution in [-0.4, -0.2) is 23.9 Å². The van der Waals surface area contributed by atoms with Gasteiger partial charge in [0.15, 0.2) is 0 Å². The zero-order valence-corrected chi connectivity index (χ0v) is 10.5. The van der Waals surface area contributed by atoms with E-state index >= 15 is 0 Å². The number of nitrogens with one attached hydrogen (secondary N) is 1. The van der Waals surface area contributed by atoms with Gasteiger partial charge in [-0.2, -0.15) is 0 Å². The Morgan fingerprint density at radius 2 is 1.75 bits per heavy atom. The lowest BCUT2D eigenvalue weighted by Gasteiger charge is -2.23. The van der Waals surface area contributed by atoms with Crippen molar-refractivity contribution in [3.8, 4) is 0 Å². The summed E-state index contributed by atoms with van der Waals surface area (Å²) in [4.78, 5) is 22.8. The highest BCUT2D eigenvalue weighted by Crippen LogP contribution is 2.07. The van der Waals surface area contributed by atoms with Crippen molar-refractivity contribution in [2.75, 3.05) is 0 Å². The fraction of sp³-hybridized carbons (Fsp3) is 0.818. The number of rotatable bonds is 6. The molecule has 0 aromatic heterocycles. The molecule has 2 amide bonds. The Morgan fingerprint density at radius 3 is 2.06 bits per heavy atom. The van der Waals surface area contributed by atoms with Gasteiger partial charge in [0, 0.05) is 0 Å². The first-order chi connectivity index (χ1) is 7.31. The van der Waals surface area contributed by atoms with Crippen molar-refractivity contribution in [1.29, 1.82) is 0 Å². The Bertz CT molecular complexity index is 254. The quantitative estimate of drug-likeness (QED) is 0.597. The summed E-state index contributed by atoms with van der Waals surface area (Å²) >= 11 is 0. The number of amides is 2. The molecule has 0 aliphatic rings. The number of nitrogens with two attached hydrogens (primary N) is 2. The molecule has 3 atom stereocenters. The Balaban J connectivity index is 4.46. The largest absolute Gasteiger partial charge is 0.368 e. The van der Waals surface area contributed by atoms with E-state index in [0.29, 0.717) is 0 Å². The lowest BCUT2D eigenvalue weighted by atomic mass is 9.97. The van der Waals surface area contributed by atoms with Gasteiger partial charge in [-0.3, -0.25) is 9.59 Å². The van der Waals surface area contributed by atoms with Crippen molar-refractivity contribution in [2.45, 2.75) is 46.2 Å². The van der Waals surface area contributed by atoms with Crippen LogP contribution in [0.15, 0.2) is 0 Å². The van der Waals surface area contributed by atoms with E-state index in [0.717, 1.165) is 6.42 Å². The van der Waals surface area contributed by atoms with Gasteiger partial charge in [0.05, 0.1) is 6.04 Å². The van der Waals surface area contributed by atoms with E-state index in [1.54, 1.807) is 0 Å². The van der Waals surface area contributed by atoms with Crippen LogP contribution in [0, 0.1) is 11.8 Å². The highest BCUT2D eigenvalue weighted by molar-refractivity contribution is 5.89. The maximum atomic E-state index is 11.7. The maximum Gasteiger partial charge on any atom is 0.240 e. The minimum absolute atomic E-state index is 0.0365. The smallest absolute Gasteiger partial charge is 0.240 e. The molecule has 0 aliphatic carbocycles. The Morgan fingerprint density at radius 1 is 1.25 bits per heavy atom. The van der Waals surface area contributed by atoms with Crippen LogP contribution in [0.1, 0.15) is 34.1 Å². The van der Waals surface area contributed by atoms with Crippen molar-refractivity contribution in [3.05, 3.63) is 0 Å². The van der Waals surface area contributed by atoms with Crippen LogP contribution < -0.4 is 16.8 Å². The summed E-state index contributed by atoms with van der Waals surface area (Å²) in [6.07, 6.45) is 0.817. The van der Waals surface area contributed by atoms with Gasteiger partial charge in [0.2, 0.25) is 11.8 Å². The van der Waals surface area contributed by atoms with Gasteiger partial charge in [-0.15, -0.1) is 0 Å². The van der Waals surface area contributed by atoms with Crippen LogP contribution in [0.4, 0.5) is 0 Å². The molecule has 0 fully saturated rings. The summed E-state index contributed by atoms with van der Waals surface area (Å²) in [5.74, 6) is -0.794. The second-order valence-electron chi connectivity index (χ2n) is 4.54. The summed E-state index contributed by atoms with van der Waals surface area (Å²) in [5, 5.41) is 2.59. The van der Waals surface area contributed by atoms with E-state index < -0.39 is 18.0 Å². The summed E-state index contributed by atoms with van der Waals surface area (Å²) in [6, 6.07) is -1.24. The molecule has 0 bridgehead atoms. The number of hydrogen-bond donors (Lipinski definition) is 3. The van der Waals surface area contributed by atoms with Crippen molar-refractivity contribution < 1.29 is 9.59 Å². The van der Waals surface area contributed by atoms with Gasteiger partial charge in [-0.05, 0) is 11.8 Å². The molecule has 0 saturated carbocycles. The van der Waals surface area contributed by atoms with E-state index in [9.17, 15) is 9.59 Å². The van der Waals surface area contributed by atoms with Gasteiger partial charge in [0.1, 0.15) is 6.04 Å². The lowest BCUT2D eigenvalue weighted by molar-refractivity contribution is -0.129. The van der Waals surface area contributed by atoms with E-state index in [4.69, 9.17) is 11.5 Å². The zero-order valence-electron chi connectivity index (χ0n) is 10.5. The zero-order chi connectivity index (χ0) is 12.9. The van der Waals surface area contributed by atoms with Gasteiger partial charge < -0.3 is 16.8 Å². The molecule has 5 N–H and O–H groups in total. The molecule has 16 heavy (non-hydrogen) atoms. The number of carbonyl (C=O) groups excluding carboxylic acids is 2. The van der Waals surface area contributed by atoms with Crippen LogP contribution in [0.2, 0.25) is 0 Å². The number of carbonyl (C=O) groups is 2. The molecule has 0 aliphatic heterocycles. The molecule has 0 aromatic rings. The Hall–Kier alpha value is -1.10. The summed E-state index contributed by atoms with van der Waals surface area (Å²) < 4.78 is 0. The topological polar surface area (TPSA) is 98.2 Å². The molecular formula is C11H23N3O2. The van der Waals surface area contributed by atoms with Crippen LogP contribution >= 0.6 is 0 Å². The predicted molar refractivity (Wildman–Crippen MR) is 63.4 cm³/mol. The van der Waals surface area contributed by atoms with E-state index in [2.05, 4.69) is 5.32 Å². The second-order valence-corrected chi connectivity index (χ2v) is 4.54. The van der Waals surface area contributed by atoms with Gasteiger partial charge in [-0.25, -0.2) is 0 Å². The summed E-state index contributed by atoms with van der Waals surface area (Å²) in [6.45, 7) is 7.51. The van der Waals surface area contributed by atoms with E-state index in [-0.39, 0.29) is 17.7 Å². The molecular weight excluding hydrogens is 206 g/mol. The van der Waals surface area contributed by atoms with Crippen molar-refractivity contribution in [3.63, 3.8) is 0 Å². The van der Waals surface area contributed by atoms with Crippen molar-refractivity contribution >= 4 is 11.8 Å². The normalized spacial score (nSPS) is 16.6. The molecule has 0 heterocycles. The van der Waals surface area contributed by atoms with Crippen LogP contribution in [0.25, 0.3) is 0 Å². The monoisotopic (exact) mass is 229 g/mol. The van der Waals surface area contributed by atoms with Crippen molar-refractivity contribution in [2.24, 2.45) is 23.3 Å². The van der Waals surface area contributed by atoms with Gasteiger partial charge in [0.25, 0.3) is 0 Å².